The largest absolute Gasteiger partial charge is 0.416 e. The van der Waals surface area contributed by atoms with Crippen molar-refractivity contribution in [2.45, 2.75) is 50.7 Å². The maximum atomic E-state index is 12.5. The van der Waals surface area contributed by atoms with Crippen LogP contribution >= 0.6 is 0 Å². The van der Waals surface area contributed by atoms with Crippen molar-refractivity contribution in [3.8, 4) is 0 Å². The smallest absolute Gasteiger partial charge is 0.314 e. The Morgan fingerprint density at radius 1 is 1.26 bits per heavy atom. The molecule has 0 bridgehead atoms. The number of halogens is 3. The summed E-state index contributed by atoms with van der Waals surface area (Å²) in [6, 6.07) is 6.15. The number of hydrogen-bond donors (Lipinski definition) is 1. The van der Waals surface area contributed by atoms with Gasteiger partial charge in [-0.25, -0.2) is 0 Å². The highest BCUT2D eigenvalue weighted by molar-refractivity contribution is 5.31. The Balaban J connectivity index is 2.14. The highest BCUT2D eigenvalue weighted by Crippen LogP contribution is 2.41. The van der Waals surface area contributed by atoms with Gasteiger partial charge >= 0.3 is 6.18 Å². The van der Waals surface area contributed by atoms with E-state index in [-0.39, 0.29) is 5.41 Å². The SMILES string of the molecule is CCNC1CCC(C)(c2ccc(C(F)(F)F)cc2)C1. The highest BCUT2D eigenvalue weighted by Gasteiger charge is 2.37. The standard InChI is InChI=1S/C15H20F3N/c1-3-19-13-8-9-14(2,10-13)11-4-6-12(7-5-11)15(16,17)18/h4-7,13,19H,3,8-10H2,1-2H3. The van der Waals surface area contributed by atoms with Gasteiger partial charge in [-0.1, -0.05) is 26.0 Å². The third kappa shape index (κ3) is 3.11. The monoisotopic (exact) mass is 271 g/mol. The molecule has 1 saturated carbocycles. The van der Waals surface area contributed by atoms with Gasteiger partial charge in [0.2, 0.25) is 0 Å². The van der Waals surface area contributed by atoms with Crippen molar-refractivity contribution >= 4 is 0 Å². The van der Waals surface area contributed by atoms with Crippen molar-refractivity contribution < 1.29 is 13.2 Å². The van der Waals surface area contributed by atoms with E-state index < -0.39 is 11.7 Å². The van der Waals surface area contributed by atoms with Crippen LogP contribution in [0.2, 0.25) is 0 Å². The van der Waals surface area contributed by atoms with Crippen LogP contribution in [0.4, 0.5) is 13.2 Å². The van der Waals surface area contributed by atoms with Gasteiger partial charge in [-0.05, 0) is 48.9 Å². The molecule has 2 rings (SSSR count). The minimum Gasteiger partial charge on any atom is -0.314 e. The van der Waals surface area contributed by atoms with Crippen LogP contribution in [0.5, 0.6) is 0 Å². The molecule has 19 heavy (non-hydrogen) atoms. The van der Waals surface area contributed by atoms with Crippen LogP contribution in [-0.2, 0) is 11.6 Å². The molecule has 1 aromatic carbocycles. The summed E-state index contributed by atoms with van der Waals surface area (Å²) in [7, 11) is 0. The van der Waals surface area contributed by atoms with Crippen LogP contribution in [0.3, 0.4) is 0 Å². The first-order valence-electron chi connectivity index (χ1n) is 6.76. The fourth-order valence-electron chi connectivity index (χ4n) is 3.03. The lowest BCUT2D eigenvalue weighted by atomic mass is 9.80. The van der Waals surface area contributed by atoms with Crippen molar-refractivity contribution in [2.75, 3.05) is 6.54 Å². The average molecular weight is 271 g/mol. The molecule has 0 saturated heterocycles. The molecule has 0 heterocycles. The van der Waals surface area contributed by atoms with Gasteiger partial charge in [0.25, 0.3) is 0 Å². The second kappa shape index (κ2) is 5.16. The second-order valence-corrected chi connectivity index (χ2v) is 5.63. The van der Waals surface area contributed by atoms with E-state index in [9.17, 15) is 13.2 Å². The molecule has 1 fully saturated rings. The minimum absolute atomic E-state index is 0.00301. The third-order valence-electron chi connectivity index (χ3n) is 4.14. The molecule has 0 radical (unpaired) electrons. The molecule has 0 aliphatic heterocycles. The molecule has 0 aromatic heterocycles. The number of hydrogen-bond acceptors (Lipinski definition) is 1. The minimum atomic E-state index is -4.25. The fraction of sp³-hybridized carbons (Fsp3) is 0.600. The predicted molar refractivity (Wildman–Crippen MR) is 70.1 cm³/mol. The van der Waals surface area contributed by atoms with Crippen LogP contribution in [0, 0.1) is 0 Å². The zero-order valence-electron chi connectivity index (χ0n) is 11.3. The molecular formula is C15H20F3N. The van der Waals surface area contributed by atoms with Crippen LogP contribution in [-0.4, -0.2) is 12.6 Å². The van der Waals surface area contributed by atoms with Gasteiger partial charge in [-0.15, -0.1) is 0 Å². The molecule has 1 aliphatic rings. The molecule has 2 unspecified atom stereocenters. The summed E-state index contributed by atoms with van der Waals surface area (Å²) < 4.78 is 37.6. The van der Waals surface area contributed by atoms with E-state index in [1.807, 2.05) is 0 Å². The van der Waals surface area contributed by atoms with Crippen molar-refractivity contribution in [2.24, 2.45) is 0 Å². The lowest BCUT2D eigenvalue weighted by Crippen LogP contribution is -2.28. The van der Waals surface area contributed by atoms with E-state index in [1.165, 1.54) is 12.1 Å². The number of alkyl halides is 3. The summed E-state index contributed by atoms with van der Waals surface area (Å²) in [4.78, 5) is 0. The van der Waals surface area contributed by atoms with Gasteiger partial charge in [0, 0.05) is 6.04 Å². The Kier molecular flexibility index (Phi) is 3.90. The molecule has 1 aliphatic carbocycles. The van der Waals surface area contributed by atoms with E-state index in [2.05, 4.69) is 19.2 Å². The fourth-order valence-corrected chi connectivity index (χ4v) is 3.03. The normalized spacial score (nSPS) is 27.7. The topological polar surface area (TPSA) is 12.0 Å². The van der Waals surface area contributed by atoms with Crippen LogP contribution in [0.25, 0.3) is 0 Å². The average Bonchev–Trinajstić information content (AvgIpc) is 2.72. The summed E-state index contributed by atoms with van der Waals surface area (Å²) in [5.41, 5.74) is 0.443. The van der Waals surface area contributed by atoms with Gasteiger partial charge in [0.15, 0.2) is 0 Å². The molecule has 2 atom stereocenters. The van der Waals surface area contributed by atoms with Gasteiger partial charge in [-0.3, -0.25) is 0 Å². The molecule has 1 N–H and O–H groups in total. The van der Waals surface area contributed by atoms with E-state index in [0.29, 0.717) is 6.04 Å². The molecule has 0 spiro atoms. The van der Waals surface area contributed by atoms with Crippen molar-refractivity contribution in [1.29, 1.82) is 0 Å². The van der Waals surface area contributed by atoms with Gasteiger partial charge in [0.1, 0.15) is 0 Å². The first kappa shape index (κ1) is 14.4. The molecular weight excluding hydrogens is 251 g/mol. The van der Waals surface area contributed by atoms with Crippen molar-refractivity contribution in [3.63, 3.8) is 0 Å². The number of benzene rings is 1. The van der Waals surface area contributed by atoms with Crippen molar-refractivity contribution in [1.82, 2.24) is 5.32 Å². The van der Waals surface area contributed by atoms with Gasteiger partial charge in [-0.2, -0.15) is 13.2 Å². The maximum absolute atomic E-state index is 12.5. The van der Waals surface area contributed by atoms with E-state index in [4.69, 9.17) is 0 Å². The van der Waals surface area contributed by atoms with E-state index >= 15 is 0 Å². The summed E-state index contributed by atoms with van der Waals surface area (Å²) in [6.07, 6.45) is -1.14. The lowest BCUT2D eigenvalue weighted by molar-refractivity contribution is -0.137. The predicted octanol–water partition coefficient (Wildman–Crippen LogP) is 4.13. The summed E-state index contributed by atoms with van der Waals surface area (Å²) in [5.74, 6) is 0. The Bertz CT molecular complexity index is 424. The summed E-state index contributed by atoms with van der Waals surface area (Å²) in [5, 5.41) is 3.43. The molecule has 1 aromatic rings. The Hall–Kier alpha value is -1.03. The molecule has 1 nitrogen and oxygen atoms in total. The van der Waals surface area contributed by atoms with Crippen LogP contribution in [0.15, 0.2) is 24.3 Å². The van der Waals surface area contributed by atoms with Crippen LogP contribution in [0.1, 0.15) is 44.2 Å². The maximum Gasteiger partial charge on any atom is 0.416 e. The van der Waals surface area contributed by atoms with E-state index in [0.717, 1.165) is 31.4 Å². The Labute approximate surface area is 112 Å². The quantitative estimate of drug-likeness (QED) is 0.871. The molecule has 4 heteroatoms. The highest BCUT2D eigenvalue weighted by atomic mass is 19.4. The Morgan fingerprint density at radius 2 is 1.89 bits per heavy atom. The zero-order valence-corrected chi connectivity index (χ0v) is 11.3. The lowest BCUT2D eigenvalue weighted by Gasteiger charge is -2.25. The summed E-state index contributed by atoms with van der Waals surface area (Å²) >= 11 is 0. The number of nitrogens with one attached hydrogen (secondary N) is 1. The van der Waals surface area contributed by atoms with Gasteiger partial charge in [0.05, 0.1) is 5.56 Å². The molecule has 0 amide bonds. The van der Waals surface area contributed by atoms with Gasteiger partial charge < -0.3 is 5.32 Å². The molecule has 106 valence electrons. The summed E-state index contributed by atoms with van der Waals surface area (Å²) in [6.45, 7) is 5.16. The number of rotatable bonds is 3. The van der Waals surface area contributed by atoms with E-state index in [1.54, 1.807) is 12.1 Å². The first-order valence-corrected chi connectivity index (χ1v) is 6.76. The van der Waals surface area contributed by atoms with Crippen LogP contribution < -0.4 is 5.32 Å². The third-order valence-corrected chi connectivity index (χ3v) is 4.14. The second-order valence-electron chi connectivity index (χ2n) is 5.63. The van der Waals surface area contributed by atoms with Crippen molar-refractivity contribution in [3.05, 3.63) is 35.4 Å². The Morgan fingerprint density at radius 3 is 2.42 bits per heavy atom. The zero-order chi connectivity index (χ0) is 14.1. The first-order chi connectivity index (χ1) is 8.85.